The summed E-state index contributed by atoms with van der Waals surface area (Å²) < 4.78 is 0. The van der Waals surface area contributed by atoms with Gasteiger partial charge in [0.25, 0.3) is 0 Å². The van der Waals surface area contributed by atoms with Gasteiger partial charge in [0.1, 0.15) is 0 Å². The molecule has 0 heterocycles. The standard InChI is InChI=1S/C13H23NO/c1-4-12-7-5-8-13(15,11-12)9-6-10-14(2)3/h5,7-8,15H,4,6,9-11H2,1-3H3. The smallest absolute Gasteiger partial charge is 0.0868 e. The van der Waals surface area contributed by atoms with Crippen molar-refractivity contribution in [3.8, 4) is 0 Å². The van der Waals surface area contributed by atoms with Gasteiger partial charge >= 0.3 is 0 Å². The van der Waals surface area contributed by atoms with Crippen molar-refractivity contribution in [3.63, 3.8) is 0 Å². The van der Waals surface area contributed by atoms with Crippen LogP contribution in [0.25, 0.3) is 0 Å². The molecule has 0 aromatic rings. The molecular formula is C13H23NO. The Morgan fingerprint density at radius 3 is 2.80 bits per heavy atom. The van der Waals surface area contributed by atoms with Crippen molar-refractivity contribution in [3.05, 3.63) is 23.8 Å². The van der Waals surface area contributed by atoms with Crippen LogP contribution in [0.4, 0.5) is 0 Å². The summed E-state index contributed by atoms with van der Waals surface area (Å²) in [7, 11) is 4.14. The molecule has 0 aromatic carbocycles. The molecule has 0 saturated heterocycles. The molecule has 0 amide bonds. The van der Waals surface area contributed by atoms with Crippen LogP contribution in [0.1, 0.15) is 32.6 Å². The first-order valence-corrected chi connectivity index (χ1v) is 5.80. The first-order chi connectivity index (χ1) is 7.06. The first kappa shape index (κ1) is 12.5. The van der Waals surface area contributed by atoms with Gasteiger partial charge in [-0.15, -0.1) is 0 Å². The summed E-state index contributed by atoms with van der Waals surface area (Å²) in [6, 6.07) is 0. The zero-order valence-corrected chi connectivity index (χ0v) is 10.2. The molecule has 1 aliphatic carbocycles. The molecule has 0 fully saturated rings. The van der Waals surface area contributed by atoms with Gasteiger partial charge in [0.2, 0.25) is 0 Å². The molecule has 2 heteroatoms. The van der Waals surface area contributed by atoms with Crippen LogP contribution in [0.2, 0.25) is 0 Å². The lowest BCUT2D eigenvalue weighted by molar-refractivity contribution is 0.0752. The summed E-state index contributed by atoms with van der Waals surface area (Å²) in [6.07, 6.45) is 9.83. The highest BCUT2D eigenvalue weighted by atomic mass is 16.3. The summed E-state index contributed by atoms with van der Waals surface area (Å²) >= 11 is 0. The number of hydrogen-bond acceptors (Lipinski definition) is 2. The minimum atomic E-state index is -0.587. The van der Waals surface area contributed by atoms with Crippen LogP contribution < -0.4 is 0 Å². The highest BCUT2D eigenvalue weighted by Crippen LogP contribution is 2.28. The van der Waals surface area contributed by atoms with Gasteiger partial charge in [-0.05, 0) is 39.9 Å². The van der Waals surface area contributed by atoms with Crippen LogP contribution in [0.5, 0.6) is 0 Å². The molecule has 0 saturated carbocycles. The van der Waals surface area contributed by atoms with E-state index in [9.17, 15) is 5.11 Å². The predicted molar refractivity (Wildman–Crippen MR) is 64.9 cm³/mol. The van der Waals surface area contributed by atoms with Crippen LogP contribution in [0, 0.1) is 0 Å². The summed E-state index contributed by atoms with van der Waals surface area (Å²) in [5, 5.41) is 10.3. The third kappa shape index (κ3) is 4.18. The second kappa shape index (κ2) is 5.47. The monoisotopic (exact) mass is 209 g/mol. The predicted octanol–water partition coefficient (Wildman–Crippen LogP) is 2.36. The lowest BCUT2D eigenvalue weighted by atomic mass is 9.85. The summed E-state index contributed by atoms with van der Waals surface area (Å²) in [6.45, 7) is 3.19. The van der Waals surface area contributed by atoms with Crippen molar-refractivity contribution in [2.75, 3.05) is 20.6 Å². The average Bonchev–Trinajstić information content (AvgIpc) is 2.16. The number of rotatable bonds is 5. The Kier molecular flexibility index (Phi) is 4.55. The van der Waals surface area contributed by atoms with Crippen molar-refractivity contribution in [1.29, 1.82) is 0 Å². The largest absolute Gasteiger partial charge is 0.385 e. The van der Waals surface area contributed by atoms with E-state index in [-0.39, 0.29) is 0 Å². The first-order valence-electron chi connectivity index (χ1n) is 5.80. The van der Waals surface area contributed by atoms with Crippen LogP contribution in [0.3, 0.4) is 0 Å². The normalized spacial score (nSPS) is 25.8. The fourth-order valence-corrected chi connectivity index (χ4v) is 1.99. The molecule has 15 heavy (non-hydrogen) atoms. The van der Waals surface area contributed by atoms with Crippen LogP contribution in [0.15, 0.2) is 23.8 Å². The maximum Gasteiger partial charge on any atom is 0.0868 e. The summed E-state index contributed by atoms with van der Waals surface area (Å²) in [5.74, 6) is 0. The maximum absolute atomic E-state index is 10.3. The fourth-order valence-electron chi connectivity index (χ4n) is 1.99. The molecule has 2 nitrogen and oxygen atoms in total. The van der Waals surface area contributed by atoms with Crippen molar-refractivity contribution in [2.24, 2.45) is 0 Å². The van der Waals surface area contributed by atoms with E-state index in [0.29, 0.717) is 0 Å². The fraction of sp³-hybridized carbons (Fsp3) is 0.692. The Balaban J connectivity index is 2.41. The lowest BCUT2D eigenvalue weighted by Gasteiger charge is -2.28. The van der Waals surface area contributed by atoms with Gasteiger partial charge in [0.15, 0.2) is 0 Å². The summed E-state index contributed by atoms with van der Waals surface area (Å²) in [4.78, 5) is 2.16. The zero-order valence-electron chi connectivity index (χ0n) is 10.2. The van der Waals surface area contributed by atoms with E-state index >= 15 is 0 Å². The average molecular weight is 209 g/mol. The zero-order chi connectivity index (χ0) is 11.3. The number of nitrogens with zero attached hydrogens (tertiary/aromatic N) is 1. The van der Waals surface area contributed by atoms with E-state index in [0.717, 1.165) is 32.2 Å². The molecule has 1 atom stereocenters. The number of hydrogen-bond donors (Lipinski definition) is 1. The molecule has 0 aliphatic heterocycles. The highest BCUT2D eigenvalue weighted by molar-refractivity contribution is 5.24. The Morgan fingerprint density at radius 2 is 2.20 bits per heavy atom. The van der Waals surface area contributed by atoms with E-state index in [1.807, 2.05) is 12.2 Å². The molecule has 1 aliphatic rings. The van der Waals surface area contributed by atoms with E-state index < -0.39 is 5.60 Å². The van der Waals surface area contributed by atoms with E-state index in [1.54, 1.807) is 0 Å². The molecule has 0 bridgehead atoms. The molecule has 0 aromatic heterocycles. The topological polar surface area (TPSA) is 23.5 Å². The van der Waals surface area contributed by atoms with Crippen LogP contribution >= 0.6 is 0 Å². The van der Waals surface area contributed by atoms with Crippen LogP contribution in [-0.2, 0) is 0 Å². The minimum Gasteiger partial charge on any atom is -0.385 e. The lowest BCUT2D eigenvalue weighted by Crippen LogP contribution is -2.29. The molecule has 86 valence electrons. The molecule has 1 unspecified atom stereocenters. The van der Waals surface area contributed by atoms with Crippen molar-refractivity contribution < 1.29 is 5.11 Å². The van der Waals surface area contributed by atoms with Gasteiger partial charge in [0.05, 0.1) is 5.60 Å². The van der Waals surface area contributed by atoms with Gasteiger partial charge in [0, 0.05) is 6.42 Å². The van der Waals surface area contributed by atoms with Gasteiger partial charge in [-0.1, -0.05) is 30.7 Å². The highest BCUT2D eigenvalue weighted by Gasteiger charge is 2.25. The third-order valence-corrected chi connectivity index (χ3v) is 2.94. The van der Waals surface area contributed by atoms with E-state index in [2.05, 4.69) is 32.0 Å². The maximum atomic E-state index is 10.3. The number of aliphatic hydroxyl groups is 1. The van der Waals surface area contributed by atoms with Crippen molar-refractivity contribution in [2.45, 2.75) is 38.2 Å². The third-order valence-electron chi connectivity index (χ3n) is 2.94. The Labute approximate surface area is 93.3 Å². The van der Waals surface area contributed by atoms with Gasteiger partial charge in [-0.25, -0.2) is 0 Å². The second-order valence-corrected chi connectivity index (χ2v) is 4.72. The quantitative estimate of drug-likeness (QED) is 0.751. The van der Waals surface area contributed by atoms with Gasteiger partial charge in [-0.3, -0.25) is 0 Å². The Bertz CT molecular complexity index is 255. The van der Waals surface area contributed by atoms with Gasteiger partial charge in [-0.2, -0.15) is 0 Å². The Morgan fingerprint density at radius 1 is 1.47 bits per heavy atom. The minimum absolute atomic E-state index is 0.587. The Hall–Kier alpha value is -0.600. The summed E-state index contributed by atoms with van der Waals surface area (Å²) in [5.41, 5.74) is 0.765. The van der Waals surface area contributed by atoms with E-state index in [4.69, 9.17) is 0 Å². The SMILES string of the molecule is CCC1=CC=CC(O)(CCCN(C)C)C1. The van der Waals surface area contributed by atoms with E-state index in [1.165, 1.54) is 5.57 Å². The van der Waals surface area contributed by atoms with Gasteiger partial charge < -0.3 is 10.0 Å². The molecule has 0 radical (unpaired) electrons. The van der Waals surface area contributed by atoms with Crippen molar-refractivity contribution in [1.82, 2.24) is 4.90 Å². The van der Waals surface area contributed by atoms with Crippen LogP contribution in [-0.4, -0.2) is 36.2 Å². The van der Waals surface area contributed by atoms with Crippen molar-refractivity contribution >= 4 is 0 Å². The molecule has 1 N–H and O–H groups in total. The molecule has 0 spiro atoms. The molecular weight excluding hydrogens is 186 g/mol. The number of allylic oxidation sites excluding steroid dienone is 2. The molecule has 1 rings (SSSR count). The second-order valence-electron chi connectivity index (χ2n) is 4.72.